The molecular formula is C31H27NO7S. The van der Waals surface area contributed by atoms with E-state index >= 15 is 0 Å². The number of aryl methyl sites for hydroxylation is 1. The lowest BCUT2D eigenvalue weighted by molar-refractivity contribution is -0.146. The lowest BCUT2D eigenvalue weighted by atomic mass is 10.0. The molecule has 0 aliphatic carbocycles. The van der Waals surface area contributed by atoms with Crippen molar-refractivity contribution in [2.75, 3.05) is 7.11 Å². The number of esters is 1. The van der Waals surface area contributed by atoms with E-state index in [-0.39, 0.29) is 17.9 Å². The van der Waals surface area contributed by atoms with Gasteiger partial charge < -0.3 is 13.9 Å². The van der Waals surface area contributed by atoms with E-state index in [4.69, 9.17) is 13.9 Å². The number of hydrogen-bond acceptors (Lipinski definition) is 7. The van der Waals surface area contributed by atoms with Crippen molar-refractivity contribution in [1.82, 2.24) is 4.72 Å². The molecule has 1 atom stereocenters. The van der Waals surface area contributed by atoms with E-state index in [1.165, 1.54) is 18.2 Å². The van der Waals surface area contributed by atoms with Crippen LogP contribution in [0.5, 0.6) is 5.75 Å². The molecule has 1 aromatic heterocycles. The molecule has 0 spiro atoms. The van der Waals surface area contributed by atoms with Crippen LogP contribution < -0.4 is 15.1 Å². The number of carbonyl (C=O) groups excluding carboxylic acids is 1. The maximum atomic E-state index is 13.4. The molecule has 0 bridgehead atoms. The van der Waals surface area contributed by atoms with Crippen molar-refractivity contribution in [3.8, 4) is 5.75 Å². The van der Waals surface area contributed by atoms with E-state index in [1.807, 2.05) is 37.3 Å². The van der Waals surface area contributed by atoms with Gasteiger partial charge >= 0.3 is 11.6 Å². The Balaban J connectivity index is 1.47. The molecule has 4 aromatic carbocycles. The van der Waals surface area contributed by atoms with Crippen molar-refractivity contribution in [1.29, 1.82) is 0 Å². The fourth-order valence-corrected chi connectivity index (χ4v) is 5.72. The van der Waals surface area contributed by atoms with Gasteiger partial charge in [-0.05, 0) is 60.0 Å². The van der Waals surface area contributed by atoms with Gasteiger partial charge in [0.05, 0.1) is 12.0 Å². The van der Waals surface area contributed by atoms with Gasteiger partial charge in [-0.1, -0.05) is 60.2 Å². The molecule has 0 unspecified atom stereocenters. The van der Waals surface area contributed by atoms with Crippen LogP contribution in [0.1, 0.15) is 16.7 Å². The van der Waals surface area contributed by atoms with Gasteiger partial charge in [-0.2, -0.15) is 4.72 Å². The Kier molecular flexibility index (Phi) is 7.68. The molecule has 40 heavy (non-hydrogen) atoms. The molecule has 0 aliphatic heterocycles. The number of fused-ring (bicyclic) bond motifs is 3. The van der Waals surface area contributed by atoms with Crippen LogP contribution in [-0.2, 0) is 32.6 Å². The molecule has 5 rings (SSSR count). The zero-order valence-electron chi connectivity index (χ0n) is 21.9. The van der Waals surface area contributed by atoms with Crippen molar-refractivity contribution in [2.45, 2.75) is 30.9 Å². The molecule has 1 heterocycles. The van der Waals surface area contributed by atoms with Crippen LogP contribution in [0.25, 0.3) is 21.7 Å². The number of rotatable bonds is 9. The van der Waals surface area contributed by atoms with Crippen LogP contribution >= 0.6 is 0 Å². The van der Waals surface area contributed by atoms with Crippen molar-refractivity contribution < 1.29 is 27.1 Å². The topological polar surface area (TPSA) is 112 Å². The molecule has 9 heteroatoms. The average Bonchev–Trinajstić information content (AvgIpc) is 2.95. The molecule has 0 saturated carbocycles. The average molecular weight is 558 g/mol. The van der Waals surface area contributed by atoms with Gasteiger partial charge in [-0.15, -0.1) is 0 Å². The van der Waals surface area contributed by atoms with Crippen LogP contribution in [0.3, 0.4) is 0 Å². The van der Waals surface area contributed by atoms with E-state index in [0.29, 0.717) is 22.3 Å². The summed E-state index contributed by atoms with van der Waals surface area (Å²) in [6.45, 7) is 1.58. The summed E-state index contributed by atoms with van der Waals surface area (Å²) in [4.78, 5) is 25.8. The maximum Gasteiger partial charge on any atom is 0.336 e. The number of methoxy groups -OCH3 is 1. The number of sulfonamides is 1. The van der Waals surface area contributed by atoms with Crippen LogP contribution in [0, 0.1) is 6.92 Å². The lowest BCUT2D eigenvalue weighted by Gasteiger charge is -2.19. The third kappa shape index (κ3) is 5.90. The van der Waals surface area contributed by atoms with E-state index in [2.05, 4.69) is 4.72 Å². The van der Waals surface area contributed by atoms with Gasteiger partial charge in [0, 0.05) is 17.0 Å². The number of carbonyl (C=O) groups is 1. The number of benzene rings is 4. The van der Waals surface area contributed by atoms with E-state index < -0.39 is 27.7 Å². The van der Waals surface area contributed by atoms with Crippen LogP contribution in [-0.4, -0.2) is 27.5 Å². The molecule has 0 aliphatic rings. The molecular weight excluding hydrogens is 530 g/mol. The summed E-state index contributed by atoms with van der Waals surface area (Å²) in [7, 11) is -2.48. The minimum atomic E-state index is -4.03. The third-order valence-electron chi connectivity index (χ3n) is 6.58. The van der Waals surface area contributed by atoms with E-state index in [1.54, 1.807) is 49.6 Å². The zero-order valence-corrected chi connectivity index (χ0v) is 22.7. The SMILES string of the molecule is COc1ccc2ccc3oc(=O)cc(COC(=O)[C@H](Cc4ccccc4)NS(=O)(=O)c4ccc(C)cc4)c3c2c1. The van der Waals surface area contributed by atoms with E-state index in [9.17, 15) is 18.0 Å². The lowest BCUT2D eigenvalue weighted by Crippen LogP contribution is -2.43. The summed E-state index contributed by atoms with van der Waals surface area (Å²) in [6, 6.07) is 24.5. The second-order valence-corrected chi connectivity index (χ2v) is 11.1. The third-order valence-corrected chi connectivity index (χ3v) is 8.07. The molecule has 0 fully saturated rings. The van der Waals surface area contributed by atoms with Crippen molar-refractivity contribution in [2.24, 2.45) is 0 Å². The van der Waals surface area contributed by atoms with Crippen LogP contribution in [0.15, 0.2) is 105 Å². The Hall–Kier alpha value is -4.47. The first-order valence-corrected chi connectivity index (χ1v) is 14.0. The Morgan fingerprint density at radius 2 is 1.68 bits per heavy atom. The summed E-state index contributed by atoms with van der Waals surface area (Å²) in [5.74, 6) is -0.165. The molecule has 8 nitrogen and oxygen atoms in total. The highest BCUT2D eigenvalue weighted by Crippen LogP contribution is 2.31. The highest BCUT2D eigenvalue weighted by molar-refractivity contribution is 7.89. The Morgan fingerprint density at radius 1 is 0.950 bits per heavy atom. The van der Waals surface area contributed by atoms with Crippen LogP contribution in [0.4, 0.5) is 0 Å². The first kappa shape index (κ1) is 27.1. The van der Waals surface area contributed by atoms with Gasteiger partial charge in [0.25, 0.3) is 0 Å². The van der Waals surface area contributed by atoms with Gasteiger partial charge in [-0.25, -0.2) is 13.2 Å². The Labute approximate surface area is 231 Å². The van der Waals surface area contributed by atoms with Crippen molar-refractivity contribution >= 4 is 37.7 Å². The molecule has 204 valence electrons. The number of ether oxygens (including phenoxy) is 2. The molecule has 0 amide bonds. The summed E-state index contributed by atoms with van der Waals surface area (Å²) in [5.41, 5.74) is 1.82. The molecule has 0 saturated heterocycles. The van der Waals surface area contributed by atoms with Gasteiger partial charge in [0.2, 0.25) is 10.0 Å². The van der Waals surface area contributed by atoms with Crippen LogP contribution in [0.2, 0.25) is 0 Å². The molecule has 0 radical (unpaired) electrons. The Morgan fingerprint density at radius 3 is 2.40 bits per heavy atom. The van der Waals surface area contributed by atoms with Crippen molar-refractivity contribution in [3.63, 3.8) is 0 Å². The summed E-state index contributed by atoms with van der Waals surface area (Å²) >= 11 is 0. The largest absolute Gasteiger partial charge is 0.497 e. The number of nitrogens with one attached hydrogen (secondary N) is 1. The Bertz CT molecular complexity index is 1850. The summed E-state index contributed by atoms with van der Waals surface area (Å²) < 4.78 is 45.3. The fourth-order valence-electron chi connectivity index (χ4n) is 4.53. The second kappa shape index (κ2) is 11.3. The highest BCUT2D eigenvalue weighted by Gasteiger charge is 2.28. The van der Waals surface area contributed by atoms with E-state index in [0.717, 1.165) is 21.9 Å². The second-order valence-electron chi connectivity index (χ2n) is 9.40. The minimum Gasteiger partial charge on any atom is -0.497 e. The minimum absolute atomic E-state index is 0.0380. The monoisotopic (exact) mass is 557 g/mol. The number of hydrogen-bond donors (Lipinski definition) is 1. The van der Waals surface area contributed by atoms with Crippen molar-refractivity contribution in [3.05, 3.63) is 118 Å². The zero-order chi connectivity index (χ0) is 28.3. The van der Waals surface area contributed by atoms with Gasteiger partial charge in [-0.3, -0.25) is 4.79 Å². The molecule has 5 aromatic rings. The predicted octanol–water partition coefficient (Wildman–Crippen LogP) is 4.90. The predicted molar refractivity (Wildman–Crippen MR) is 152 cm³/mol. The summed E-state index contributed by atoms with van der Waals surface area (Å²) in [5, 5.41) is 2.23. The quantitative estimate of drug-likeness (QED) is 0.156. The maximum absolute atomic E-state index is 13.4. The normalized spacial score (nSPS) is 12.3. The fraction of sp³-hybridized carbons (Fsp3) is 0.161. The smallest absolute Gasteiger partial charge is 0.336 e. The highest BCUT2D eigenvalue weighted by atomic mass is 32.2. The molecule has 1 N–H and O–H groups in total. The van der Waals surface area contributed by atoms with Gasteiger partial charge in [0.1, 0.15) is 24.0 Å². The standard InChI is InChI=1S/C31H27NO7S/c1-20-8-13-25(14-9-20)40(35,36)32-27(16-21-6-4-3-5-7-21)31(34)38-19-23-17-29(33)39-28-15-11-22-10-12-24(37-2)18-26(22)30(23)28/h3-15,17-18,27,32H,16,19H2,1-2H3/t27-/m0/s1. The first-order chi connectivity index (χ1) is 19.2. The van der Waals surface area contributed by atoms with Gasteiger partial charge in [0.15, 0.2) is 0 Å². The first-order valence-electron chi connectivity index (χ1n) is 12.6. The summed E-state index contributed by atoms with van der Waals surface area (Å²) in [6.07, 6.45) is 0.0720.